The van der Waals surface area contributed by atoms with Crippen LogP contribution in [0.25, 0.3) is 0 Å². The van der Waals surface area contributed by atoms with Crippen LogP contribution in [-0.2, 0) is 18.4 Å². The Morgan fingerprint density at radius 2 is 1.13 bits per heavy atom. The summed E-state index contributed by atoms with van der Waals surface area (Å²) in [5.41, 5.74) is 5.35. The molecule has 3 unspecified atom stereocenters. The van der Waals surface area contributed by atoms with Crippen LogP contribution in [-0.4, -0.2) is 47.8 Å². The molecule has 0 aliphatic carbocycles. The molecule has 1 amide bonds. The third-order valence-corrected chi connectivity index (χ3v) is 9.51. The van der Waals surface area contributed by atoms with E-state index in [1.807, 2.05) is 6.08 Å². The summed E-state index contributed by atoms with van der Waals surface area (Å²) in [6.45, 7) is 4.09. The Morgan fingerprint density at radius 1 is 0.681 bits per heavy atom. The zero-order valence-corrected chi connectivity index (χ0v) is 31.4. The van der Waals surface area contributed by atoms with Crippen molar-refractivity contribution in [1.29, 1.82) is 0 Å². The molecule has 0 aromatic rings. The largest absolute Gasteiger partial charge is 0.472 e. The average Bonchev–Trinajstić information content (AvgIpc) is 3.05. The number of amides is 1. The summed E-state index contributed by atoms with van der Waals surface area (Å²) in [6, 6.07) is -0.870. The maximum absolute atomic E-state index is 12.7. The lowest BCUT2D eigenvalue weighted by Crippen LogP contribution is -2.45. The minimum absolute atomic E-state index is 0.0755. The summed E-state index contributed by atoms with van der Waals surface area (Å²) in [5.74, 6) is -0.204. The SMILES string of the molecule is CCCCCCCC/C=C/CC/C=C/C(O)C(COP(=O)(O)OCCN)NC(=O)CCCCCCCCCCCCCCCCCC. The van der Waals surface area contributed by atoms with Crippen molar-refractivity contribution in [3.05, 3.63) is 24.3 Å². The van der Waals surface area contributed by atoms with Gasteiger partial charge in [0.15, 0.2) is 0 Å². The molecule has 0 spiro atoms. The number of rotatable bonds is 36. The summed E-state index contributed by atoms with van der Waals surface area (Å²) < 4.78 is 22.0. The van der Waals surface area contributed by atoms with E-state index < -0.39 is 20.0 Å². The van der Waals surface area contributed by atoms with Gasteiger partial charge in [0.2, 0.25) is 5.91 Å². The first kappa shape index (κ1) is 46.0. The molecule has 3 atom stereocenters. The van der Waals surface area contributed by atoms with Crippen molar-refractivity contribution in [3.8, 4) is 0 Å². The Hall–Kier alpha value is -1.02. The molecular weight excluding hydrogens is 611 g/mol. The van der Waals surface area contributed by atoms with Crippen LogP contribution < -0.4 is 11.1 Å². The van der Waals surface area contributed by atoms with Crippen molar-refractivity contribution in [2.24, 2.45) is 5.73 Å². The van der Waals surface area contributed by atoms with Crippen molar-refractivity contribution >= 4 is 13.7 Å². The van der Waals surface area contributed by atoms with Crippen LogP contribution in [0, 0.1) is 0 Å². The van der Waals surface area contributed by atoms with Crippen molar-refractivity contribution in [3.63, 3.8) is 0 Å². The predicted octanol–water partition coefficient (Wildman–Crippen LogP) is 10.2. The molecule has 0 saturated carbocycles. The number of allylic oxidation sites excluding steroid dienone is 3. The Bertz CT molecular complexity index is 794. The minimum Gasteiger partial charge on any atom is -0.387 e. The molecule has 0 aliphatic heterocycles. The molecule has 0 rings (SSSR count). The number of phosphoric acid groups is 1. The number of unbranched alkanes of at least 4 members (excludes halogenated alkanes) is 22. The maximum Gasteiger partial charge on any atom is 0.472 e. The fourth-order valence-corrected chi connectivity index (χ4v) is 6.32. The van der Waals surface area contributed by atoms with E-state index in [1.165, 1.54) is 122 Å². The summed E-state index contributed by atoms with van der Waals surface area (Å²) >= 11 is 0. The van der Waals surface area contributed by atoms with Crippen LogP contribution in [0.15, 0.2) is 24.3 Å². The standard InChI is InChI=1S/C38H75N2O6P/c1-3-5-7-9-11-13-15-17-18-19-20-22-24-26-28-30-32-38(42)40-36(35-46-47(43,44)45-34-33-39)37(41)31-29-27-25-23-21-16-14-12-10-8-6-4-2/h21,23,29,31,36-37,41H,3-20,22,24-28,30,32-35,39H2,1-2H3,(H,40,42)(H,43,44)/b23-21+,31-29+. The first-order chi connectivity index (χ1) is 22.9. The van der Waals surface area contributed by atoms with Gasteiger partial charge < -0.3 is 21.1 Å². The highest BCUT2D eigenvalue weighted by Crippen LogP contribution is 2.43. The molecule has 9 heteroatoms. The van der Waals surface area contributed by atoms with E-state index >= 15 is 0 Å². The Morgan fingerprint density at radius 3 is 1.64 bits per heavy atom. The first-order valence-electron chi connectivity index (χ1n) is 19.5. The van der Waals surface area contributed by atoms with Crippen molar-refractivity contribution in [2.45, 2.75) is 193 Å². The summed E-state index contributed by atoms with van der Waals surface area (Å²) in [5, 5.41) is 13.6. The first-order valence-corrected chi connectivity index (χ1v) is 21.0. The van der Waals surface area contributed by atoms with Crippen LogP contribution in [0.4, 0.5) is 0 Å². The van der Waals surface area contributed by atoms with Gasteiger partial charge in [0, 0.05) is 13.0 Å². The lowest BCUT2D eigenvalue weighted by Gasteiger charge is -2.23. The number of nitrogens with two attached hydrogens (primary N) is 1. The highest BCUT2D eigenvalue weighted by atomic mass is 31.2. The van der Waals surface area contributed by atoms with E-state index in [0.717, 1.165) is 38.5 Å². The van der Waals surface area contributed by atoms with Crippen molar-refractivity contribution in [2.75, 3.05) is 19.8 Å². The quantitative estimate of drug-likeness (QED) is 0.0293. The lowest BCUT2D eigenvalue weighted by molar-refractivity contribution is -0.123. The normalized spacial score (nSPS) is 14.6. The molecule has 0 bridgehead atoms. The van der Waals surface area contributed by atoms with Gasteiger partial charge in [0.05, 0.1) is 25.4 Å². The zero-order valence-electron chi connectivity index (χ0n) is 30.5. The van der Waals surface area contributed by atoms with Gasteiger partial charge >= 0.3 is 7.82 Å². The van der Waals surface area contributed by atoms with Crippen molar-refractivity contribution in [1.82, 2.24) is 5.32 Å². The number of aliphatic hydroxyl groups excluding tert-OH is 1. The van der Waals surface area contributed by atoms with E-state index in [9.17, 15) is 19.4 Å². The number of nitrogens with one attached hydrogen (secondary N) is 1. The Kier molecular flexibility index (Phi) is 34.1. The molecule has 47 heavy (non-hydrogen) atoms. The van der Waals surface area contributed by atoms with Gasteiger partial charge in [0.25, 0.3) is 0 Å². The summed E-state index contributed by atoms with van der Waals surface area (Å²) in [6.07, 6.45) is 37.9. The maximum atomic E-state index is 12.7. The number of phosphoric ester groups is 1. The zero-order chi connectivity index (χ0) is 34.7. The smallest absolute Gasteiger partial charge is 0.387 e. The second-order valence-corrected chi connectivity index (χ2v) is 14.6. The second kappa shape index (κ2) is 34.8. The Balaban J connectivity index is 4.29. The average molecular weight is 687 g/mol. The van der Waals surface area contributed by atoms with E-state index in [2.05, 4.69) is 31.3 Å². The highest BCUT2D eigenvalue weighted by molar-refractivity contribution is 7.47. The second-order valence-electron chi connectivity index (χ2n) is 13.1. The molecule has 0 heterocycles. The van der Waals surface area contributed by atoms with Gasteiger partial charge in [0.1, 0.15) is 0 Å². The van der Waals surface area contributed by atoms with Crippen LogP contribution in [0.5, 0.6) is 0 Å². The molecule has 0 saturated heterocycles. The van der Waals surface area contributed by atoms with Gasteiger partial charge in [-0.1, -0.05) is 167 Å². The van der Waals surface area contributed by atoms with Crippen molar-refractivity contribution < 1.29 is 28.4 Å². The lowest BCUT2D eigenvalue weighted by atomic mass is 10.0. The summed E-state index contributed by atoms with van der Waals surface area (Å²) in [4.78, 5) is 22.6. The van der Waals surface area contributed by atoms with Crippen LogP contribution in [0.1, 0.15) is 181 Å². The molecule has 8 nitrogen and oxygen atoms in total. The molecule has 5 N–H and O–H groups in total. The molecule has 0 aliphatic rings. The van der Waals surface area contributed by atoms with Crippen LogP contribution in [0.2, 0.25) is 0 Å². The molecular formula is C38H75N2O6P. The van der Waals surface area contributed by atoms with Crippen LogP contribution in [0.3, 0.4) is 0 Å². The number of hydrogen-bond acceptors (Lipinski definition) is 6. The van der Waals surface area contributed by atoms with E-state index in [4.69, 9.17) is 14.8 Å². The highest BCUT2D eigenvalue weighted by Gasteiger charge is 2.26. The predicted molar refractivity (Wildman–Crippen MR) is 198 cm³/mol. The number of hydrogen-bond donors (Lipinski definition) is 4. The van der Waals surface area contributed by atoms with Gasteiger partial charge in [-0.05, 0) is 32.1 Å². The molecule has 0 radical (unpaired) electrons. The number of aliphatic hydroxyl groups is 1. The van der Waals surface area contributed by atoms with Crippen LogP contribution >= 0.6 is 7.82 Å². The number of carbonyl (C=O) groups excluding carboxylic acids is 1. The fourth-order valence-electron chi connectivity index (χ4n) is 5.56. The topological polar surface area (TPSA) is 131 Å². The third-order valence-electron chi connectivity index (χ3n) is 8.53. The van der Waals surface area contributed by atoms with Gasteiger partial charge in [-0.3, -0.25) is 13.8 Å². The van der Waals surface area contributed by atoms with E-state index in [0.29, 0.717) is 6.42 Å². The molecule has 0 aromatic carbocycles. The Labute approximate surface area is 289 Å². The third kappa shape index (κ3) is 33.3. The van der Waals surface area contributed by atoms with Gasteiger partial charge in [-0.15, -0.1) is 0 Å². The van der Waals surface area contributed by atoms with Gasteiger partial charge in [-0.2, -0.15) is 0 Å². The molecule has 0 aromatic heterocycles. The van der Waals surface area contributed by atoms with E-state index in [1.54, 1.807) is 6.08 Å². The fraction of sp³-hybridized carbons (Fsp3) is 0.868. The molecule has 278 valence electrons. The minimum atomic E-state index is -4.33. The summed E-state index contributed by atoms with van der Waals surface area (Å²) in [7, 11) is -4.33. The monoisotopic (exact) mass is 687 g/mol. The van der Waals surface area contributed by atoms with Gasteiger partial charge in [-0.25, -0.2) is 4.57 Å². The number of carbonyl (C=O) groups is 1. The van der Waals surface area contributed by atoms with E-state index in [-0.39, 0.29) is 25.7 Å². The molecule has 0 fully saturated rings.